The molecule has 6 saturated heterocycles. The van der Waals surface area contributed by atoms with Gasteiger partial charge in [-0.1, -0.05) is 25.7 Å². The third-order valence-corrected chi connectivity index (χ3v) is 18.9. The number of piperazine rings is 6. The van der Waals surface area contributed by atoms with Crippen molar-refractivity contribution >= 4 is 60.2 Å². The van der Waals surface area contributed by atoms with Gasteiger partial charge in [0, 0.05) is 143 Å². The molecule has 0 saturated carbocycles. The summed E-state index contributed by atoms with van der Waals surface area (Å²) in [7, 11) is 8.98. The van der Waals surface area contributed by atoms with Crippen LogP contribution in [0.3, 0.4) is 0 Å². The summed E-state index contributed by atoms with van der Waals surface area (Å²) in [6, 6.07) is 3.09. The van der Waals surface area contributed by atoms with E-state index >= 15 is 0 Å². The predicted molar refractivity (Wildman–Crippen MR) is 403 cm³/mol. The quantitative estimate of drug-likeness (QED) is 0.0249. The molecule has 0 aliphatic carbocycles. The van der Waals surface area contributed by atoms with Crippen molar-refractivity contribution in [3.8, 4) is 0 Å². The number of unbranched alkanes of at least 4 members (excludes halogenated alkanes) is 6. The van der Waals surface area contributed by atoms with Gasteiger partial charge in [0.15, 0.2) is 0 Å². The molecular formula is C64H142B6N18O9. The first-order chi connectivity index (χ1) is 46.5. The SMILES string of the molecule is CB(O)N1CCN(C)C[C@@H]1CCCCNC(C)=O.CB(O)N1CCN(C)C[C@@H]1CCCCNCB=O.CB(O)N1CCNC[C@@H]1CCCCNC(C)=O.CB(O)N1CCNC[C@@H]1CCCCNCB=O.CC(=O)NCCCC[C@H]1CN(C)CCN1.CN1CCN[C@@H](CCCCN)C1. The zero-order valence-corrected chi connectivity index (χ0v) is 63.0. The standard InChI is InChI=1S/C12H26BN3O2.C11H25B2N3O2.C11H24BN3O2.C11H23N3O.C10H23B2N3O2.C9H21N3/c1-11(17)14-7-5-4-6-12-10-15(3)8-9-16(12)13(2)18;1-13(18)16-8-7-15(2)9-11(16)5-3-4-6-14-10-12-17;1-10(16)14-6-4-3-5-11-9-13-7-8-15(11)12(2)17;1-10(15)12-6-4-3-5-11-9-14(2)8-7-13-11;1-12(17)15-7-6-13-8-10(15)4-2-3-5-14-9-11-16;1-12-7-6-11-9(8-12)4-2-3-5-10/h12,18H,4-10H2,1-3H3,(H,14,17);11,14,18H,3-10H2,1-2H3;11,13,17H,3-9H2,1-2H3,(H,14,16);11,13H,3-9H2,1-2H3,(H,12,15);10,13-14,17H,2-9H2,1H3;9,11H,2-8,10H2,1H3/t12-;3*11-;10-;9-/m000000/s1. The number of carbonyl (C=O) groups is 3. The first-order valence-electron chi connectivity index (χ1n) is 37.6. The van der Waals surface area contributed by atoms with E-state index in [4.69, 9.17) is 5.73 Å². The van der Waals surface area contributed by atoms with Crippen LogP contribution in [0.2, 0.25) is 27.3 Å². The van der Waals surface area contributed by atoms with Crippen molar-refractivity contribution in [3.63, 3.8) is 0 Å². The van der Waals surface area contributed by atoms with Gasteiger partial charge in [0.2, 0.25) is 17.7 Å². The summed E-state index contributed by atoms with van der Waals surface area (Å²) in [6.45, 7) is 35.6. The van der Waals surface area contributed by atoms with Crippen LogP contribution < -0.4 is 53.6 Å². The number of amides is 3. The molecule has 27 nitrogen and oxygen atoms in total. The fourth-order valence-electron chi connectivity index (χ4n) is 13.4. The molecule has 15 N–H and O–H groups in total. The van der Waals surface area contributed by atoms with Gasteiger partial charge in [0.25, 0.3) is 0 Å². The van der Waals surface area contributed by atoms with Crippen LogP contribution in [0, 0.1) is 0 Å². The number of hydrogen-bond donors (Lipinski definition) is 14. The maximum atomic E-state index is 10.7. The van der Waals surface area contributed by atoms with Crippen molar-refractivity contribution in [1.82, 2.24) is 86.7 Å². The second kappa shape index (κ2) is 60.1. The van der Waals surface area contributed by atoms with E-state index in [2.05, 4.69) is 115 Å². The maximum Gasteiger partial charge on any atom is 0.216 e. The van der Waals surface area contributed by atoms with E-state index in [0.717, 1.165) is 242 Å². The normalized spacial score (nSPS) is 22.3. The smallest absolute Gasteiger partial charge is 0.216 e. The number of likely N-dealkylation sites (N-methyl/N-ethyl adjacent to an activating group) is 4. The summed E-state index contributed by atoms with van der Waals surface area (Å²) >= 11 is 0. The summed E-state index contributed by atoms with van der Waals surface area (Å²) in [5.41, 5.74) is 5.44. The van der Waals surface area contributed by atoms with Crippen molar-refractivity contribution in [3.05, 3.63) is 0 Å². The van der Waals surface area contributed by atoms with Crippen LogP contribution >= 0.6 is 0 Å². The molecular weight excluding hydrogens is 1230 g/mol. The van der Waals surface area contributed by atoms with Crippen LogP contribution in [0.15, 0.2) is 0 Å². The molecule has 0 spiro atoms. The van der Waals surface area contributed by atoms with E-state index in [0.29, 0.717) is 49.1 Å². The van der Waals surface area contributed by atoms with E-state index in [1.165, 1.54) is 45.2 Å². The Labute approximate surface area is 592 Å². The Bertz CT molecular complexity index is 1960. The average Bonchev–Trinajstić information content (AvgIpc) is 0.939. The summed E-state index contributed by atoms with van der Waals surface area (Å²) in [6.07, 6.45) is 21.0. The Kier molecular flexibility index (Phi) is 57.4. The van der Waals surface area contributed by atoms with Gasteiger partial charge in [-0.15, -0.1) is 0 Å². The number of hydrogen-bond acceptors (Lipinski definition) is 24. The van der Waals surface area contributed by atoms with E-state index in [1.807, 2.05) is 27.3 Å². The van der Waals surface area contributed by atoms with Gasteiger partial charge in [-0.2, -0.15) is 0 Å². The molecule has 33 heteroatoms. The first kappa shape index (κ1) is 92.7. The Balaban J connectivity index is 0.000000584. The molecule has 0 unspecified atom stereocenters. The second-order valence-corrected chi connectivity index (χ2v) is 27.8. The van der Waals surface area contributed by atoms with Crippen LogP contribution in [-0.4, -0.2) is 354 Å². The zero-order chi connectivity index (χ0) is 72.0. The molecule has 6 heterocycles. The molecule has 0 aromatic heterocycles. The molecule has 0 aromatic rings. The minimum Gasteiger partial charge on any atom is -0.356 e. The Morgan fingerprint density at radius 3 is 1.04 bits per heavy atom. The number of nitrogens with one attached hydrogen (secondary N) is 9. The van der Waals surface area contributed by atoms with Gasteiger partial charge in [-0.25, -0.2) is 0 Å². The third kappa shape index (κ3) is 49.0. The van der Waals surface area contributed by atoms with Crippen LogP contribution in [0.1, 0.15) is 136 Å². The molecule has 3 amide bonds. The Morgan fingerprint density at radius 1 is 0.412 bits per heavy atom. The van der Waals surface area contributed by atoms with Gasteiger partial charge in [0.1, 0.15) is 0 Å². The summed E-state index contributed by atoms with van der Waals surface area (Å²) in [4.78, 5) is 50.1. The number of nitrogens with two attached hydrogens (primary N) is 1. The van der Waals surface area contributed by atoms with Crippen molar-refractivity contribution in [2.75, 3.05) is 198 Å². The molecule has 6 atom stereocenters. The summed E-state index contributed by atoms with van der Waals surface area (Å²) in [5, 5.41) is 67.2. The molecule has 6 rings (SSSR count). The molecule has 0 aromatic carbocycles. The predicted octanol–water partition coefficient (Wildman–Crippen LogP) is -1.47. The van der Waals surface area contributed by atoms with Crippen molar-refractivity contribution < 1.29 is 43.9 Å². The van der Waals surface area contributed by atoms with Gasteiger partial charge < -0.3 is 72.0 Å². The molecule has 97 heavy (non-hydrogen) atoms. The zero-order valence-electron chi connectivity index (χ0n) is 63.0. The van der Waals surface area contributed by atoms with Gasteiger partial charge >= 0.3 is 229 Å². The van der Waals surface area contributed by atoms with E-state index < -0.39 is 0 Å². The Hall–Kier alpha value is -2.36. The van der Waals surface area contributed by atoms with Crippen LogP contribution in [0.25, 0.3) is 0 Å². The minimum atomic E-state index is -0.363. The topological polar surface area (TPSA) is 326 Å². The molecule has 0 radical (unpaired) electrons. The van der Waals surface area contributed by atoms with Gasteiger partial charge in [-0.3, -0.25) is 14.4 Å². The summed E-state index contributed by atoms with van der Waals surface area (Å²) < 4.78 is 20.2. The van der Waals surface area contributed by atoms with E-state index in [9.17, 15) is 43.9 Å². The fraction of sp³-hybridized carbons (Fsp3) is 0.953. The molecule has 6 aliphatic rings. The number of nitrogens with zero attached hydrogens (tertiary/aromatic N) is 8. The molecule has 6 aliphatic heterocycles. The number of carbonyl (C=O) groups excluding carboxylic acids is 3. The fourth-order valence-corrected chi connectivity index (χ4v) is 13.4. The molecule has 6 fully saturated rings. The van der Waals surface area contributed by atoms with Crippen molar-refractivity contribution in [1.29, 1.82) is 0 Å². The van der Waals surface area contributed by atoms with Gasteiger partial charge in [0.05, 0.1) is 0 Å². The minimum absolute atomic E-state index is 0.0370. The Morgan fingerprint density at radius 2 is 0.722 bits per heavy atom. The molecule has 0 bridgehead atoms. The third-order valence-electron chi connectivity index (χ3n) is 18.9. The summed E-state index contributed by atoms with van der Waals surface area (Å²) in [5.74, 6) is 0.151. The largest absolute Gasteiger partial charge is 0.356 e. The number of rotatable bonds is 37. The average molecular weight is 1370 g/mol. The van der Waals surface area contributed by atoms with Crippen LogP contribution in [0.4, 0.5) is 0 Å². The van der Waals surface area contributed by atoms with E-state index in [1.54, 1.807) is 20.8 Å². The van der Waals surface area contributed by atoms with Crippen molar-refractivity contribution in [2.45, 2.75) is 200 Å². The molecule has 560 valence electrons. The van der Waals surface area contributed by atoms with Gasteiger partial charge in [-0.05, 0) is 92.7 Å². The second-order valence-electron chi connectivity index (χ2n) is 27.8. The van der Waals surface area contributed by atoms with E-state index in [-0.39, 0.29) is 45.9 Å². The van der Waals surface area contributed by atoms with Crippen LogP contribution in [0.5, 0.6) is 0 Å². The van der Waals surface area contributed by atoms with Crippen LogP contribution in [-0.2, 0) is 23.8 Å². The first-order valence-corrected chi connectivity index (χ1v) is 37.6. The van der Waals surface area contributed by atoms with Crippen molar-refractivity contribution in [2.24, 2.45) is 5.73 Å². The monoisotopic (exact) mass is 1370 g/mol. The maximum absolute atomic E-state index is 10.7.